The van der Waals surface area contributed by atoms with Crippen LogP contribution in [0.5, 0.6) is 5.75 Å². The van der Waals surface area contributed by atoms with E-state index in [-0.39, 0.29) is 0 Å². The largest absolute Gasteiger partial charge is 0.492 e. The summed E-state index contributed by atoms with van der Waals surface area (Å²) in [5.41, 5.74) is 0.480. The van der Waals surface area contributed by atoms with Gasteiger partial charge in [0.15, 0.2) is 0 Å². The average molecular weight is 316 g/mol. The number of carbonyl (C=O) groups is 2. The Labute approximate surface area is 134 Å². The van der Waals surface area contributed by atoms with E-state index in [1.165, 1.54) is 0 Å². The second-order valence-corrected chi connectivity index (χ2v) is 4.79. The number of hydrogen-bond acceptors (Lipinski definition) is 4. The van der Waals surface area contributed by atoms with Gasteiger partial charge in [-0.25, -0.2) is 4.98 Å². The lowest BCUT2D eigenvalue weighted by Crippen LogP contribution is -2.36. The maximum Gasteiger partial charge on any atom is 0.313 e. The topological polar surface area (TPSA) is 85.2 Å². The van der Waals surface area contributed by atoms with Gasteiger partial charge >= 0.3 is 11.8 Å². The van der Waals surface area contributed by atoms with Crippen LogP contribution in [0.3, 0.4) is 0 Å². The molecule has 7 heteroatoms. The third-order valence-electron chi connectivity index (χ3n) is 3.08. The molecule has 0 unspecified atom stereocenters. The number of hydrogen-bond donors (Lipinski definition) is 2. The van der Waals surface area contributed by atoms with Gasteiger partial charge in [-0.15, -0.1) is 0 Å². The van der Waals surface area contributed by atoms with Crippen molar-refractivity contribution in [2.45, 2.75) is 19.9 Å². The van der Waals surface area contributed by atoms with Crippen molar-refractivity contribution in [2.24, 2.45) is 0 Å². The molecule has 2 N–H and O–H groups in total. The first kappa shape index (κ1) is 16.5. The van der Waals surface area contributed by atoms with Crippen LogP contribution in [0.15, 0.2) is 43.0 Å². The van der Waals surface area contributed by atoms with E-state index in [4.69, 9.17) is 4.74 Å². The molecule has 2 aromatic rings. The molecule has 0 radical (unpaired) electrons. The van der Waals surface area contributed by atoms with Gasteiger partial charge in [0.1, 0.15) is 5.75 Å². The minimum atomic E-state index is -0.709. The lowest BCUT2D eigenvalue weighted by molar-refractivity contribution is -0.136. The summed E-state index contributed by atoms with van der Waals surface area (Å²) in [6, 6.07) is 7.00. The van der Waals surface area contributed by atoms with Crippen molar-refractivity contribution in [1.29, 1.82) is 0 Å². The molecule has 1 aromatic heterocycles. The van der Waals surface area contributed by atoms with Crippen molar-refractivity contribution in [1.82, 2.24) is 14.9 Å². The summed E-state index contributed by atoms with van der Waals surface area (Å²) in [7, 11) is 0. The summed E-state index contributed by atoms with van der Waals surface area (Å²) in [4.78, 5) is 27.6. The van der Waals surface area contributed by atoms with Crippen LogP contribution in [0.25, 0.3) is 0 Å². The van der Waals surface area contributed by atoms with Crippen LogP contribution in [0.4, 0.5) is 5.69 Å². The SMILES string of the molecule is CCOc1ccccc1NC(=O)C(=O)NCCCn1ccnc1. The van der Waals surface area contributed by atoms with Crippen LogP contribution >= 0.6 is 0 Å². The summed E-state index contributed by atoms with van der Waals surface area (Å²) < 4.78 is 7.31. The van der Waals surface area contributed by atoms with Crippen LogP contribution in [0, 0.1) is 0 Å². The number of benzene rings is 1. The number of rotatable bonds is 7. The highest BCUT2D eigenvalue weighted by Gasteiger charge is 2.15. The predicted octanol–water partition coefficient (Wildman–Crippen LogP) is 1.43. The molecule has 0 atom stereocenters. The molecule has 7 nitrogen and oxygen atoms in total. The third kappa shape index (κ3) is 5.14. The van der Waals surface area contributed by atoms with Gasteiger partial charge in [0, 0.05) is 25.5 Å². The smallest absolute Gasteiger partial charge is 0.313 e. The van der Waals surface area contributed by atoms with Gasteiger partial charge in [-0.1, -0.05) is 12.1 Å². The molecule has 0 spiro atoms. The summed E-state index contributed by atoms with van der Waals surface area (Å²) >= 11 is 0. The number of carbonyl (C=O) groups excluding carboxylic acids is 2. The molecule has 0 aliphatic carbocycles. The molecule has 122 valence electrons. The molecule has 1 heterocycles. The van der Waals surface area contributed by atoms with Gasteiger partial charge < -0.3 is 19.9 Å². The summed E-state index contributed by atoms with van der Waals surface area (Å²) in [6.45, 7) is 3.48. The highest BCUT2D eigenvalue weighted by molar-refractivity contribution is 6.39. The Hall–Kier alpha value is -2.83. The Morgan fingerprint density at radius 3 is 2.83 bits per heavy atom. The Bertz CT molecular complexity index is 641. The van der Waals surface area contributed by atoms with E-state index in [2.05, 4.69) is 15.6 Å². The third-order valence-corrected chi connectivity index (χ3v) is 3.08. The number of nitrogens with one attached hydrogen (secondary N) is 2. The van der Waals surface area contributed by atoms with Crippen LogP contribution in [0.1, 0.15) is 13.3 Å². The number of ether oxygens (including phenoxy) is 1. The molecule has 0 aliphatic rings. The van der Waals surface area contributed by atoms with Crippen molar-refractivity contribution in [3.8, 4) is 5.75 Å². The Balaban J connectivity index is 1.77. The number of para-hydroxylation sites is 2. The number of aryl methyl sites for hydroxylation is 1. The number of aromatic nitrogens is 2. The Kier molecular flexibility index (Phi) is 6.17. The molecular formula is C16H20N4O3. The van der Waals surface area contributed by atoms with Crippen molar-refractivity contribution >= 4 is 17.5 Å². The van der Waals surface area contributed by atoms with Gasteiger partial charge in [-0.2, -0.15) is 0 Å². The first-order chi connectivity index (χ1) is 11.2. The molecule has 23 heavy (non-hydrogen) atoms. The molecule has 0 fully saturated rings. The summed E-state index contributed by atoms with van der Waals surface area (Å²) in [5.74, 6) is -0.835. The Morgan fingerprint density at radius 2 is 2.09 bits per heavy atom. The van der Waals surface area contributed by atoms with Crippen molar-refractivity contribution in [3.63, 3.8) is 0 Å². The van der Waals surface area contributed by atoms with Gasteiger partial charge in [0.25, 0.3) is 0 Å². The quantitative estimate of drug-likeness (QED) is 0.598. The second kappa shape index (κ2) is 8.57. The highest BCUT2D eigenvalue weighted by atomic mass is 16.5. The fourth-order valence-electron chi connectivity index (χ4n) is 1.99. The van der Waals surface area contributed by atoms with Crippen LogP contribution < -0.4 is 15.4 Å². The Morgan fingerprint density at radius 1 is 1.26 bits per heavy atom. The predicted molar refractivity (Wildman–Crippen MR) is 86.1 cm³/mol. The standard InChI is InChI=1S/C16H20N4O3/c1-2-23-14-7-4-3-6-13(14)19-16(22)15(21)18-8-5-10-20-11-9-17-12-20/h3-4,6-7,9,11-12H,2,5,8,10H2,1H3,(H,18,21)(H,19,22). The molecule has 2 rings (SSSR count). The monoisotopic (exact) mass is 316 g/mol. The second-order valence-electron chi connectivity index (χ2n) is 4.79. The minimum Gasteiger partial charge on any atom is -0.492 e. The molecule has 0 saturated carbocycles. The molecule has 0 bridgehead atoms. The lowest BCUT2D eigenvalue weighted by Gasteiger charge is -2.11. The number of amides is 2. The van der Waals surface area contributed by atoms with E-state index < -0.39 is 11.8 Å². The number of nitrogens with zero attached hydrogens (tertiary/aromatic N) is 2. The molecular weight excluding hydrogens is 296 g/mol. The molecule has 2 amide bonds. The van der Waals surface area contributed by atoms with Crippen LogP contribution in [-0.4, -0.2) is 34.5 Å². The first-order valence-electron chi connectivity index (χ1n) is 7.47. The maximum absolute atomic E-state index is 11.9. The first-order valence-corrected chi connectivity index (χ1v) is 7.47. The molecule has 1 aromatic carbocycles. The molecule has 0 saturated heterocycles. The minimum absolute atomic E-state index is 0.414. The van der Waals surface area contributed by atoms with E-state index in [1.54, 1.807) is 36.8 Å². The van der Waals surface area contributed by atoms with Crippen LogP contribution in [-0.2, 0) is 16.1 Å². The fourth-order valence-corrected chi connectivity index (χ4v) is 1.99. The van der Waals surface area contributed by atoms with E-state index >= 15 is 0 Å². The number of imidazole rings is 1. The van der Waals surface area contributed by atoms with E-state index in [9.17, 15) is 9.59 Å². The van der Waals surface area contributed by atoms with Crippen molar-refractivity contribution < 1.29 is 14.3 Å². The highest BCUT2D eigenvalue weighted by Crippen LogP contribution is 2.23. The van der Waals surface area contributed by atoms with E-state index in [0.29, 0.717) is 31.0 Å². The zero-order valence-electron chi connectivity index (χ0n) is 13.0. The summed E-state index contributed by atoms with van der Waals surface area (Å²) in [5, 5.41) is 5.15. The lowest BCUT2D eigenvalue weighted by atomic mass is 10.3. The van der Waals surface area contributed by atoms with Crippen LogP contribution in [0.2, 0.25) is 0 Å². The summed E-state index contributed by atoms with van der Waals surface area (Å²) in [6.07, 6.45) is 5.96. The van der Waals surface area contributed by atoms with Crippen molar-refractivity contribution in [3.05, 3.63) is 43.0 Å². The van der Waals surface area contributed by atoms with Gasteiger partial charge in [-0.3, -0.25) is 9.59 Å². The average Bonchev–Trinajstić information content (AvgIpc) is 3.07. The van der Waals surface area contributed by atoms with E-state index in [1.807, 2.05) is 17.7 Å². The number of anilines is 1. The fraction of sp³-hybridized carbons (Fsp3) is 0.312. The van der Waals surface area contributed by atoms with E-state index in [0.717, 1.165) is 6.54 Å². The van der Waals surface area contributed by atoms with Gasteiger partial charge in [0.2, 0.25) is 0 Å². The normalized spacial score (nSPS) is 10.1. The maximum atomic E-state index is 11.9. The van der Waals surface area contributed by atoms with Gasteiger partial charge in [0.05, 0.1) is 18.6 Å². The van der Waals surface area contributed by atoms with Crippen molar-refractivity contribution in [2.75, 3.05) is 18.5 Å². The van der Waals surface area contributed by atoms with Gasteiger partial charge in [-0.05, 0) is 25.5 Å². The zero-order chi connectivity index (χ0) is 16.5. The molecule has 0 aliphatic heterocycles. The zero-order valence-corrected chi connectivity index (χ0v) is 13.0.